The molecule has 0 N–H and O–H groups in total. The van der Waals surface area contributed by atoms with Gasteiger partial charge in [-0.05, 0) is 54.9 Å². The van der Waals surface area contributed by atoms with Gasteiger partial charge in [0.1, 0.15) is 23.2 Å². The van der Waals surface area contributed by atoms with Crippen LogP contribution in [0, 0.1) is 0 Å². The molecule has 0 saturated carbocycles. The summed E-state index contributed by atoms with van der Waals surface area (Å²) in [5, 5.41) is 0.613. The molecule has 0 radical (unpaired) electrons. The molecule has 3 rings (SSSR count). The van der Waals surface area contributed by atoms with Crippen molar-refractivity contribution in [3.8, 4) is 11.5 Å². The van der Waals surface area contributed by atoms with Gasteiger partial charge in [-0.25, -0.2) is 0 Å². The van der Waals surface area contributed by atoms with Crippen molar-refractivity contribution >= 4 is 33.5 Å². The highest BCUT2D eigenvalue weighted by atomic mass is 79.9. The lowest BCUT2D eigenvalue weighted by molar-refractivity contribution is -0.153. The maximum atomic E-state index is 12.2. The summed E-state index contributed by atoms with van der Waals surface area (Å²) in [6.45, 7) is 6.11. The van der Waals surface area contributed by atoms with Gasteiger partial charge in [0.2, 0.25) is 0 Å². The lowest BCUT2D eigenvalue weighted by atomic mass is 10.0. The number of rotatable bonds is 4. The van der Waals surface area contributed by atoms with E-state index in [0.717, 1.165) is 21.3 Å². The van der Waals surface area contributed by atoms with Crippen molar-refractivity contribution in [2.24, 2.45) is 0 Å². The van der Waals surface area contributed by atoms with Crippen LogP contribution in [0.1, 0.15) is 44.4 Å². The van der Waals surface area contributed by atoms with Crippen LogP contribution in [-0.4, -0.2) is 18.2 Å². The van der Waals surface area contributed by atoms with Crippen LogP contribution in [0.5, 0.6) is 11.5 Å². The second-order valence-electron chi connectivity index (χ2n) is 7.42. The van der Waals surface area contributed by atoms with Crippen molar-refractivity contribution in [2.75, 3.05) is 6.61 Å². The van der Waals surface area contributed by atoms with E-state index in [2.05, 4.69) is 15.9 Å². The number of carbonyl (C=O) groups is 1. The van der Waals surface area contributed by atoms with Crippen molar-refractivity contribution in [1.82, 2.24) is 0 Å². The molecule has 1 aliphatic heterocycles. The minimum absolute atomic E-state index is 0.156. The van der Waals surface area contributed by atoms with Crippen LogP contribution in [0.15, 0.2) is 40.9 Å². The van der Waals surface area contributed by atoms with E-state index in [-0.39, 0.29) is 18.5 Å². The smallest absolute Gasteiger partial charge is 0.310 e. The van der Waals surface area contributed by atoms with E-state index in [1.807, 2.05) is 51.1 Å². The highest BCUT2D eigenvalue weighted by molar-refractivity contribution is 9.10. The van der Waals surface area contributed by atoms with E-state index in [4.69, 9.17) is 25.8 Å². The Labute approximate surface area is 172 Å². The second kappa shape index (κ2) is 8.11. The zero-order valence-corrected chi connectivity index (χ0v) is 17.9. The zero-order valence-electron chi connectivity index (χ0n) is 15.6. The first-order valence-electron chi connectivity index (χ1n) is 8.81. The molecule has 0 amide bonds. The van der Waals surface area contributed by atoms with Gasteiger partial charge in [-0.2, -0.15) is 0 Å². The fourth-order valence-corrected chi connectivity index (χ4v) is 3.92. The molecule has 0 bridgehead atoms. The van der Waals surface area contributed by atoms with E-state index in [1.54, 1.807) is 6.07 Å². The number of halogens is 2. The Morgan fingerprint density at radius 1 is 1.30 bits per heavy atom. The van der Waals surface area contributed by atoms with Crippen LogP contribution in [0.25, 0.3) is 0 Å². The van der Waals surface area contributed by atoms with Crippen molar-refractivity contribution in [3.63, 3.8) is 0 Å². The van der Waals surface area contributed by atoms with E-state index in [1.165, 1.54) is 0 Å². The molecule has 6 heteroatoms. The Balaban J connectivity index is 1.83. The van der Waals surface area contributed by atoms with Crippen molar-refractivity contribution in [2.45, 2.75) is 45.3 Å². The summed E-state index contributed by atoms with van der Waals surface area (Å²) in [5.74, 6) is 1.13. The first kappa shape index (κ1) is 20.0. The van der Waals surface area contributed by atoms with Crippen LogP contribution in [-0.2, 0) is 16.0 Å². The SMILES string of the molecule is CC(C)(C)OC(=O)Cc1ccccc1OC1CCOc2c(Br)cc(Cl)cc21. The largest absolute Gasteiger partial charge is 0.492 e. The maximum absolute atomic E-state index is 12.2. The molecule has 0 saturated heterocycles. The quantitative estimate of drug-likeness (QED) is 0.542. The molecule has 2 aromatic rings. The van der Waals surface area contributed by atoms with Gasteiger partial charge in [0.25, 0.3) is 0 Å². The minimum atomic E-state index is -0.518. The normalized spacial score (nSPS) is 16.3. The highest BCUT2D eigenvalue weighted by Crippen LogP contribution is 2.42. The van der Waals surface area contributed by atoms with Crippen molar-refractivity contribution in [3.05, 3.63) is 57.0 Å². The zero-order chi connectivity index (χ0) is 19.6. The fraction of sp³-hybridized carbons (Fsp3) is 0.381. The Bertz CT molecular complexity index is 845. The van der Waals surface area contributed by atoms with E-state index >= 15 is 0 Å². The van der Waals surface area contributed by atoms with Gasteiger partial charge < -0.3 is 14.2 Å². The molecule has 4 nitrogen and oxygen atoms in total. The van der Waals surface area contributed by atoms with Gasteiger partial charge in [0.05, 0.1) is 17.5 Å². The van der Waals surface area contributed by atoms with Crippen LogP contribution in [0.2, 0.25) is 5.02 Å². The predicted octanol–water partition coefficient (Wildman–Crippen LogP) is 5.89. The standard InChI is InChI=1S/C21H22BrClO4/c1-21(2,3)27-19(24)10-13-6-4-5-7-17(13)26-18-8-9-25-20-15(18)11-14(23)12-16(20)22/h4-7,11-12,18H,8-10H2,1-3H3. The number of benzene rings is 2. The average molecular weight is 454 g/mol. The van der Waals surface area contributed by atoms with E-state index in [0.29, 0.717) is 23.8 Å². The third-order valence-electron chi connectivity index (χ3n) is 4.01. The summed E-state index contributed by atoms with van der Waals surface area (Å²) in [6.07, 6.45) is 0.645. The van der Waals surface area contributed by atoms with Gasteiger partial charge >= 0.3 is 5.97 Å². The minimum Gasteiger partial charge on any atom is -0.492 e. The third-order valence-corrected chi connectivity index (χ3v) is 4.81. The molecule has 1 heterocycles. The summed E-state index contributed by atoms with van der Waals surface area (Å²) in [7, 11) is 0. The summed E-state index contributed by atoms with van der Waals surface area (Å²) >= 11 is 9.70. The number of carbonyl (C=O) groups excluding carboxylic acids is 1. The Morgan fingerprint density at radius 3 is 2.78 bits per heavy atom. The van der Waals surface area contributed by atoms with Gasteiger partial charge in [0, 0.05) is 22.6 Å². The van der Waals surface area contributed by atoms with Gasteiger partial charge in [-0.3, -0.25) is 4.79 Å². The maximum Gasteiger partial charge on any atom is 0.310 e. The first-order chi connectivity index (χ1) is 12.7. The summed E-state index contributed by atoms with van der Waals surface area (Å²) in [6, 6.07) is 11.2. The molecule has 2 aromatic carbocycles. The molecule has 1 atom stereocenters. The van der Waals surface area contributed by atoms with Crippen LogP contribution in [0.4, 0.5) is 0 Å². The number of hydrogen-bond donors (Lipinski definition) is 0. The van der Waals surface area contributed by atoms with Gasteiger partial charge in [-0.15, -0.1) is 0 Å². The Kier molecular flexibility index (Phi) is 6.02. The molecular formula is C21H22BrClO4. The molecule has 0 spiro atoms. The molecule has 0 aliphatic carbocycles. The Hall–Kier alpha value is -1.72. The number of hydrogen-bond acceptors (Lipinski definition) is 4. The van der Waals surface area contributed by atoms with Crippen molar-refractivity contribution in [1.29, 1.82) is 0 Å². The number of fused-ring (bicyclic) bond motifs is 1. The molecule has 0 aromatic heterocycles. The van der Waals surface area contributed by atoms with Gasteiger partial charge in [0.15, 0.2) is 0 Å². The summed E-state index contributed by atoms with van der Waals surface area (Å²) < 4.78 is 18.3. The molecule has 1 aliphatic rings. The lowest BCUT2D eigenvalue weighted by Gasteiger charge is -2.28. The topological polar surface area (TPSA) is 44.8 Å². The molecular weight excluding hydrogens is 432 g/mol. The highest BCUT2D eigenvalue weighted by Gasteiger charge is 2.27. The first-order valence-corrected chi connectivity index (χ1v) is 9.98. The summed E-state index contributed by atoms with van der Waals surface area (Å²) in [4.78, 5) is 12.2. The van der Waals surface area contributed by atoms with Crippen molar-refractivity contribution < 1.29 is 19.0 Å². The van der Waals surface area contributed by atoms with E-state index in [9.17, 15) is 4.79 Å². The lowest BCUT2D eigenvalue weighted by Crippen LogP contribution is -2.25. The van der Waals surface area contributed by atoms with E-state index < -0.39 is 5.60 Å². The van der Waals surface area contributed by atoms with Crippen LogP contribution < -0.4 is 9.47 Å². The second-order valence-corrected chi connectivity index (χ2v) is 8.71. The van der Waals surface area contributed by atoms with Crippen LogP contribution >= 0.6 is 27.5 Å². The average Bonchev–Trinajstić information content (AvgIpc) is 2.55. The number of esters is 1. The Morgan fingerprint density at radius 2 is 2.04 bits per heavy atom. The summed E-state index contributed by atoms with van der Waals surface area (Å²) in [5.41, 5.74) is 1.17. The molecule has 1 unspecified atom stereocenters. The molecule has 144 valence electrons. The fourth-order valence-electron chi connectivity index (χ4n) is 2.97. The van der Waals surface area contributed by atoms with Crippen LogP contribution in [0.3, 0.4) is 0 Å². The monoisotopic (exact) mass is 452 g/mol. The molecule has 0 fully saturated rings. The van der Waals surface area contributed by atoms with Gasteiger partial charge in [-0.1, -0.05) is 29.8 Å². The third kappa shape index (κ3) is 5.17. The number of para-hydroxylation sites is 1. The predicted molar refractivity (Wildman–Crippen MR) is 109 cm³/mol. The molecule has 27 heavy (non-hydrogen) atoms. The number of ether oxygens (including phenoxy) is 3.